The molecule has 4 N–H and O–H groups in total. The summed E-state index contributed by atoms with van der Waals surface area (Å²) in [7, 11) is 0. The maximum Gasteiger partial charge on any atom is 0.229 e. The first-order valence-corrected chi connectivity index (χ1v) is 7.52. The van der Waals surface area contributed by atoms with Crippen molar-refractivity contribution in [3.8, 4) is 5.75 Å². The Morgan fingerprint density at radius 1 is 1.21 bits per heavy atom. The monoisotopic (exact) mass is 337 g/mol. The molecule has 24 heavy (non-hydrogen) atoms. The largest absolute Gasteiger partial charge is 0.460 e. The van der Waals surface area contributed by atoms with Gasteiger partial charge < -0.3 is 29.9 Å². The van der Waals surface area contributed by atoms with Crippen LogP contribution < -0.4 is 4.74 Å². The molecule has 8 heteroatoms. The van der Waals surface area contributed by atoms with Crippen molar-refractivity contribution in [1.82, 2.24) is 4.57 Å². The molecular weight excluding hydrogens is 318 g/mol. The summed E-state index contributed by atoms with van der Waals surface area (Å²) in [6.07, 6.45) is -5.39. The van der Waals surface area contributed by atoms with Crippen molar-refractivity contribution in [2.45, 2.75) is 37.6 Å². The zero-order valence-corrected chi connectivity index (χ0v) is 12.9. The summed E-state index contributed by atoms with van der Waals surface area (Å²) < 4.78 is 12.4. The average molecular weight is 337 g/mol. The molecule has 5 atom stereocenters. The average Bonchev–Trinajstić information content (AvgIpc) is 2.94. The van der Waals surface area contributed by atoms with Crippen molar-refractivity contribution in [1.29, 1.82) is 0 Å². The Kier molecular flexibility index (Phi) is 4.57. The molecule has 0 spiro atoms. The molecule has 8 nitrogen and oxygen atoms in total. The number of carbonyl (C=O) groups is 1. The summed E-state index contributed by atoms with van der Waals surface area (Å²) in [5, 5.41) is 39.5. The van der Waals surface area contributed by atoms with Gasteiger partial charge >= 0.3 is 0 Å². The number of aromatic nitrogens is 1. The summed E-state index contributed by atoms with van der Waals surface area (Å²) in [5.41, 5.74) is 0.629. The lowest BCUT2D eigenvalue weighted by Crippen LogP contribution is -2.60. The van der Waals surface area contributed by atoms with E-state index in [1.807, 2.05) is 0 Å². The predicted molar refractivity (Wildman–Crippen MR) is 82.6 cm³/mol. The maximum atomic E-state index is 11.7. The van der Waals surface area contributed by atoms with Gasteiger partial charge in [-0.15, -0.1) is 0 Å². The number of carbonyl (C=O) groups excluding carboxylic acids is 1. The molecule has 0 radical (unpaired) electrons. The van der Waals surface area contributed by atoms with Crippen LogP contribution in [-0.2, 0) is 4.74 Å². The minimum absolute atomic E-state index is 0.213. The van der Waals surface area contributed by atoms with Gasteiger partial charge in [0, 0.05) is 12.3 Å². The number of ether oxygens (including phenoxy) is 2. The van der Waals surface area contributed by atoms with Crippen LogP contribution in [0.25, 0.3) is 10.9 Å². The van der Waals surface area contributed by atoms with Gasteiger partial charge in [0.25, 0.3) is 0 Å². The summed E-state index contributed by atoms with van der Waals surface area (Å²) in [6.45, 7) is 0.865. The quantitative estimate of drug-likeness (QED) is 0.594. The van der Waals surface area contributed by atoms with Gasteiger partial charge in [0.15, 0.2) is 0 Å². The molecule has 1 saturated heterocycles. The van der Waals surface area contributed by atoms with Gasteiger partial charge in [-0.3, -0.25) is 9.36 Å². The summed E-state index contributed by atoms with van der Waals surface area (Å²) in [4.78, 5) is 11.7. The number of aliphatic hydroxyl groups excluding tert-OH is 4. The van der Waals surface area contributed by atoms with Crippen molar-refractivity contribution in [2.75, 3.05) is 6.61 Å². The van der Waals surface area contributed by atoms with Crippen LogP contribution >= 0.6 is 0 Å². The van der Waals surface area contributed by atoms with Crippen LogP contribution in [0.4, 0.5) is 0 Å². The van der Waals surface area contributed by atoms with E-state index in [1.165, 1.54) is 17.7 Å². The summed E-state index contributed by atoms with van der Waals surface area (Å²) in [5.74, 6) is 0.0694. The molecule has 1 aromatic heterocycles. The van der Waals surface area contributed by atoms with Gasteiger partial charge in [0.2, 0.25) is 12.2 Å². The van der Waals surface area contributed by atoms with Crippen LogP contribution in [0.5, 0.6) is 5.75 Å². The van der Waals surface area contributed by atoms with Gasteiger partial charge in [-0.2, -0.15) is 0 Å². The Morgan fingerprint density at radius 3 is 2.58 bits per heavy atom. The molecule has 2 heterocycles. The lowest BCUT2D eigenvalue weighted by molar-refractivity contribution is -0.277. The molecule has 1 aromatic carbocycles. The second-order valence-electron chi connectivity index (χ2n) is 5.71. The smallest absolute Gasteiger partial charge is 0.229 e. The Labute approximate surface area is 137 Å². The first kappa shape index (κ1) is 16.9. The van der Waals surface area contributed by atoms with E-state index in [-0.39, 0.29) is 11.7 Å². The van der Waals surface area contributed by atoms with E-state index in [9.17, 15) is 25.2 Å². The highest BCUT2D eigenvalue weighted by Gasteiger charge is 2.44. The van der Waals surface area contributed by atoms with Crippen LogP contribution in [0, 0.1) is 0 Å². The van der Waals surface area contributed by atoms with E-state index in [2.05, 4.69) is 0 Å². The zero-order chi connectivity index (χ0) is 17.4. The number of hydrogen-bond donors (Lipinski definition) is 4. The number of fused-ring (bicyclic) bond motifs is 1. The molecule has 0 aliphatic carbocycles. The number of benzene rings is 1. The molecule has 0 bridgehead atoms. The van der Waals surface area contributed by atoms with Crippen LogP contribution in [0.2, 0.25) is 0 Å². The highest BCUT2D eigenvalue weighted by atomic mass is 16.7. The van der Waals surface area contributed by atoms with E-state index in [1.54, 1.807) is 24.3 Å². The minimum atomic E-state index is -1.53. The fraction of sp³-hybridized carbons (Fsp3) is 0.438. The lowest BCUT2D eigenvalue weighted by atomic mass is 9.99. The molecule has 2 aromatic rings. The van der Waals surface area contributed by atoms with E-state index in [0.29, 0.717) is 10.9 Å². The first-order chi connectivity index (χ1) is 11.4. The summed E-state index contributed by atoms with van der Waals surface area (Å²) >= 11 is 0. The topological polar surface area (TPSA) is 121 Å². The Bertz CT molecular complexity index is 741. The third-order valence-electron chi connectivity index (χ3n) is 4.11. The normalized spacial score (nSPS) is 30.5. The fourth-order valence-corrected chi connectivity index (χ4v) is 2.79. The highest BCUT2D eigenvalue weighted by Crippen LogP contribution is 2.31. The van der Waals surface area contributed by atoms with Gasteiger partial charge in [0.05, 0.1) is 18.3 Å². The van der Waals surface area contributed by atoms with E-state index >= 15 is 0 Å². The van der Waals surface area contributed by atoms with Crippen molar-refractivity contribution < 1.29 is 34.7 Å². The molecule has 130 valence electrons. The van der Waals surface area contributed by atoms with Crippen molar-refractivity contribution in [2.24, 2.45) is 0 Å². The predicted octanol–water partition coefficient (Wildman–Crippen LogP) is -0.520. The number of nitrogens with zero attached hydrogens (tertiary/aromatic N) is 1. The summed E-state index contributed by atoms with van der Waals surface area (Å²) in [6, 6.07) is 7.04. The SMILES string of the molecule is CC(=O)n1cc(O[C@@H]2OC(CO)[C@@H](O)C(O)C2O)c2ccccc21. The second kappa shape index (κ2) is 6.50. The number of hydrogen-bond acceptors (Lipinski definition) is 7. The third kappa shape index (κ3) is 2.79. The highest BCUT2D eigenvalue weighted by molar-refractivity contribution is 5.95. The van der Waals surface area contributed by atoms with Crippen LogP contribution in [0.3, 0.4) is 0 Å². The Hall–Kier alpha value is -1.97. The van der Waals surface area contributed by atoms with Crippen molar-refractivity contribution >= 4 is 16.8 Å². The molecule has 3 unspecified atom stereocenters. The molecular formula is C16H19NO7. The van der Waals surface area contributed by atoms with E-state index in [0.717, 1.165) is 0 Å². The van der Waals surface area contributed by atoms with Gasteiger partial charge in [-0.25, -0.2) is 0 Å². The van der Waals surface area contributed by atoms with E-state index in [4.69, 9.17) is 9.47 Å². The third-order valence-corrected chi connectivity index (χ3v) is 4.11. The molecule has 0 saturated carbocycles. The first-order valence-electron chi connectivity index (χ1n) is 7.52. The Morgan fingerprint density at radius 2 is 1.92 bits per heavy atom. The fourth-order valence-electron chi connectivity index (χ4n) is 2.79. The minimum Gasteiger partial charge on any atom is -0.460 e. The molecule has 1 fully saturated rings. The lowest BCUT2D eigenvalue weighted by Gasteiger charge is -2.39. The zero-order valence-electron chi connectivity index (χ0n) is 12.9. The van der Waals surface area contributed by atoms with Crippen LogP contribution in [-0.4, -0.2) is 68.2 Å². The van der Waals surface area contributed by atoms with Crippen LogP contribution in [0.1, 0.15) is 11.7 Å². The van der Waals surface area contributed by atoms with Crippen molar-refractivity contribution in [3.63, 3.8) is 0 Å². The maximum absolute atomic E-state index is 11.7. The molecule has 1 aliphatic rings. The number of para-hydroxylation sites is 1. The molecule has 0 amide bonds. The number of aliphatic hydroxyl groups is 4. The molecule has 3 rings (SSSR count). The van der Waals surface area contributed by atoms with Gasteiger partial charge in [-0.05, 0) is 12.1 Å². The van der Waals surface area contributed by atoms with E-state index < -0.39 is 37.3 Å². The number of rotatable bonds is 3. The van der Waals surface area contributed by atoms with Gasteiger partial charge in [0.1, 0.15) is 30.2 Å². The van der Waals surface area contributed by atoms with Crippen LogP contribution in [0.15, 0.2) is 30.5 Å². The van der Waals surface area contributed by atoms with Crippen molar-refractivity contribution in [3.05, 3.63) is 30.5 Å². The van der Waals surface area contributed by atoms with Gasteiger partial charge in [-0.1, -0.05) is 12.1 Å². The standard InChI is InChI=1S/C16H19NO7/c1-8(19)17-6-11(9-4-2-3-5-10(9)17)23-16-15(22)14(21)13(20)12(7-18)24-16/h2-6,12-16,18,20-22H,7H2,1H3/t12?,13-,14?,15?,16-/m1/s1. The Balaban J connectivity index is 1.93. The molecule has 1 aliphatic heterocycles. The second-order valence-corrected chi connectivity index (χ2v) is 5.71.